The minimum absolute atomic E-state index is 0.0942. The fourth-order valence-electron chi connectivity index (χ4n) is 2.44. The number of rotatable bonds is 2. The van der Waals surface area contributed by atoms with Gasteiger partial charge in [0.2, 0.25) is 0 Å². The molecule has 4 nitrogen and oxygen atoms in total. The highest BCUT2D eigenvalue weighted by molar-refractivity contribution is 9.10. The molecule has 5 heteroatoms. The summed E-state index contributed by atoms with van der Waals surface area (Å²) < 4.78 is 6.55. The van der Waals surface area contributed by atoms with E-state index in [1.165, 1.54) is 0 Å². The van der Waals surface area contributed by atoms with Gasteiger partial charge in [0.15, 0.2) is 5.76 Å². The molecule has 1 aliphatic heterocycles. The van der Waals surface area contributed by atoms with Gasteiger partial charge in [-0.05, 0) is 30.7 Å². The van der Waals surface area contributed by atoms with Crippen molar-refractivity contribution in [2.45, 2.75) is 6.42 Å². The lowest BCUT2D eigenvalue weighted by atomic mass is 10.1. The molecule has 1 saturated heterocycles. The Morgan fingerprint density at radius 2 is 2.32 bits per heavy atom. The summed E-state index contributed by atoms with van der Waals surface area (Å²) >= 11 is 3.40. The summed E-state index contributed by atoms with van der Waals surface area (Å²) in [5.41, 5.74) is 0.712. The molecule has 0 saturated carbocycles. The third-order valence-corrected chi connectivity index (χ3v) is 4.01. The minimum atomic E-state index is -0.0942. The van der Waals surface area contributed by atoms with Crippen LogP contribution in [0.3, 0.4) is 0 Å². The third kappa shape index (κ3) is 2.40. The van der Waals surface area contributed by atoms with Crippen molar-refractivity contribution in [3.63, 3.8) is 0 Å². The van der Waals surface area contributed by atoms with Crippen molar-refractivity contribution in [1.29, 1.82) is 0 Å². The van der Waals surface area contributed by atoms with Gasteiger partial charge < -0.3 is 14.4 Å². The Morgan fingerprint density at radius 3 is 3.05 bits per heavy atom. The van der Waals surface area contributed by atoms with Crippen LogP contribution in [-0.2, 0) is 0 Å². The molecule has 1 aromatic carbocycles. The smallest absolute Gasteiger partial charge is 0.289 e. The summed E-state index contributed by atoms with van der Waals surface area (Å²) in [7, 11) is 0. The summed E-state index contributed by atoms with van der Waals surface area (Å²) in [5, 5.41) is 10.0. The van der Waals surface area contributed by atoms with E-state index < -0.39 is 0 Å². The first kappa shape index (κ1) is 12.7. The number of likely N-dealkylation sites (tertiary alicyclic amines) is 1. The van der Waals surface area contributed by atoms with Crippen molar-refractivity contribution in [2.24, 2.45) is 5.92 Å². The molecule has 1 aromatic heterocycles. The summed E-state index contributed by atoms with van der Waals surface area (Å²) in [6.45, 7) is 1.43. The molecule has 1 N–H and O–H groups in total. The fraction of sp³-hybridized carbons (Fsp3) is 0.357. The van der Waals surface area contributed by atoms with Gasteiger partial charge in [0.1, 0.15) is 5.58 Å². The van der Waals surface area contributed by atoms with E-state index >= 15 is 0 Å². The Bertz CT molecular complexity index is 622. The molecule has 19 heavy (non-hydrogen) atoms. The normalized spacial score (nSPS) is 19.3. The van der Waals surface area contributed by atoms with Crippen molar-refractivity contribution < 1.29 is 14.3 Å². The lowest BCUT2D eigenvalue weighted by Crippen LogP contribution is -2.28. The summed E-state index contributed by atoms with van der Waals surface area (Å²) in [6.07, 6.45) is 0.855. The molecule has 0 radical (unpaired) electrons. The first-order valence-electron chi connectivity index (χ1n) is 6.26. The number of carbonyl (C=O) groups excluding carboxylic acids is 1. The van der Waals surface area contributed by atoms with Gasteiger partial charge in [0, 0.05) is 35.5 Å². The van der Waals surface area contributed by atoms with Gasteiger partial charge in [0.05, 0.1) is 0 Å². The van der Waals surface area contributed by atoms with E-state index in [0.717, 1.165) is 16.3 Å². The average molecular weight is 324 g/mol. The highest BCUT2D eigenvalue weighted by Gasteiger charge is 2.28. The Labute approximate surface area is 119 Å². The second-order valence-electron chi connectivity index (χ2n) is 4.88. The standard InChI is InChI=1S/C14H14BrNO3/c15-11-1-2-12-10(5-11)6-13(19-12)14(18)16-4-3-9(7-16)8-17/h1-2,5-6,9,17H,3-4,7-8H2. The maximum atomic E-state index is 12.3. The first-order chi connectivity index (χ1) is 9.17. The molecule has 100 valence electrons. The number of fused-ring (bicyclic) bond motifs is 1. The van der Waals surface area contributed by atoms with Gasteiger partial charge >= 0.3 is 0 Å². The molecular formula is C14H14BrNO3. The average Bonchev–Trinajstić information content (AvgIpc) is 3.03. The quantitative estimate of drug-likeness (QED) is 0.924. The Hall–Kier alpha value is -1.33. The molecule has 0 spiro atoms. The van der Waals surface area contributed by atoms with Crippen molar-refractivity contribution in [2.75, 3.05) is 19.7 Å². The number of amides is 1. The fourth-order valence-corrected chi connectivity index (χ4v) is 2.82. The van der Waals surface area contributed by atoms with E-state index in [-0.39, 0.29) is 18.4 Å². The van der Waals surface area contributed by atoms with Gasteiger partial charge in [-0.3, -0.25) is 4.79 Å². The monoisotopic (exact) mass is 323 g/mol. The van der Waals surface area contributed by atoms with E-state index in [2.05, 4.69) is 15.9 Å². The summed E-state index contributed by atoms with van der Waals surface area (Å²) in [5.74, 6) is 0.470. The zero-order valence-corrected chi connectivity index (χ0v) is 11.9. The number of benzene rings is 1. The Morgan fingerprint density at radius 1 is 1.47 bits per heavy atom. The van der Waals surface area contributed by atoms with Crippen LogP contribution in [0.25, 0.3) is 11.0 Å². The predicted octanol–water partition coefficient (Wildman–Crippen LogP) is 2.65. The second-order valence-corrected chi connectivity index (χ2v) is 5.80. The number of furan rings is 1. The number of hydrogen-bond donors (Lipinski definition) is 1. The number of carbonyl (C=O) groups is 1. The van der Waals surface area contributed by atoms with Gasteiger partial charge in [-0.2, -0.15) is 0 Å². The minimum Gasteiger partial charge on any atom is -0.451 e. The van der Waals surface area contributed by atoms with Gasteiger partial charge in [-0.25, -0.2) is 0 Å². The van der Waals surface area contributed by atoms with E-state index in [4.69, 9.17) is 9.52 Å². The van der Waals surface area contributed by atoms with Crippen molar-refractivity contribution >= 4 is 32.8 Å². The van der Waals surface area contributed by atoms with Gasteiger partial charge in [-0.1, -0.05) is 15.9 Å². The molecule has 1 unspecified atom stereocenters. The highest BCUT2D eigenvalue weighted by Crippen LogP contribution is 2.25. The van der Waals surface area contributed by atoms with E-state index in [1.807, 2.05) is 18.2 Å². The first-order valence-corrected chi connectivity index (χ1v) is 7.06. The maximum Gasteiger partial charge on any atom is 0.289 e. The van der Waals surface area contributed by atoms with Crippen LogP contribution in [0.4, 0.5) is 0 Å². The predicted molar refractivity (Wildman–Crippen MR) is 75.0 cm³/mol. The highest BCUT2D eigenvalue weighted by atomic mass is 79.9. The Balaban J connectivity index is 1.86. The van der Waals surface area contributed by atoms with Crippen LogP contribution in [0.15, 0.2) is 33.2 Å². The molecule has 2 aromatic rings. The molecular weight excluding hydrogens is 310 g/mol. The number of halogens is 1. The van der Waals surface area contributed by atoms with Crippen LogP contribution in [0.1, 0.15) is 17.0 Å². The molecule has 1 aliphatic rings. The van der Waals surface area contributed by atoms with Crippen LogP contribution in [0, 0.1) is 5.92 Å². The molecule has 0 bridgehead atoms. The largest absolute Gasteiger partial charge is 0.451 e. The van der Waals surface area contributed by atoms with E-state index in [9.17, 15) is 4.79 Å². The van der Waals surface area contributed by atoms with Crippen molar-refractivity contribution in [3.8, 4) is 0 Å². The molecule has 1 atom stereocenters. The maximum absolute atomic E-state index is 12.3. The van der Waals surface area contributed by atoms with Crippen LogP contribution in [0.2, 0.25) is 0 Å². The summed E-state index contributed by atoms with van der Waals surface area (Å²) in [4.78, 5) is 14.0. The lowest BCUT2D eigenvalue weighted by molar-refractivity contribution is 0.0752. The molecule has 2 heterocycles. The lowest BCUT2D eigenvalue weighted by Gasteiger charge is -2.13. The SMILES string of the molecule is O=C(c1cc2cc(Br)ccc2o1)N1CCC(CO)C1. The van der Waals surface area contributed by atoms with Crippen LogP contribution < -0.4 is 0 Å². The number of nitrogens with zero attached hydrogens (tertiary/aromatic N) is 1. The zero-order valence-electron chi connectivity index (χ0n) is 10.3. The van der Waals surface area contributed by atoms with E-state index in [1.54, 1.807) is 11.0 Å². The molecule has 3 rings (SSSR count). The van der Waals surface area contributed by atoms with Crippen molar-refractivity contribution in [3.05, 3.63) is 34.5 Å². The second kappa shape index (κ2) is 4.98. The molecule has 1 amide bonds. The third-order valence-electron chi connectivity index (χ3n) is 3.52. The Kier molecular flexibility index (Phi) is 3.33. The topological polar surface area (TPSA) is 53.7 Å². The molecule has 1 fully saturated rings. The number of hydrogen-bond acceptors (Lipinski definition) is 3. The molecule has 0 aliphatic carbocycles. The van der Waals surface area contributed by atoms with Gasteiger partial charge in [0.25, 0.3) is 5.91 Å². The van der Waals surface area contributed by atoms with Crippen LogP contribution in [0.5, 0.6) is 0 Å². The van der Waals surface area contributed by atoms with Gasteiger partial charge in [-0.15, -0.1) is 0 Å². The number of aliphatic hydroxyl groups excluding tert-OH is 1. The van der Waals surface area contributed by atoms with E-state index in [0.29, 0.717) is 24.4 Å². The zero-order chi connectivity index (χ0) is 13.4. The van der Waals surface area contributed by atoms with Crippen LogP contribution >= 0.6 is 15.9 Å². The van der Waals surface area contributed by atoms with Crippen molar-refractivity contribution in [1.82, 2.24) is 4.90 Å². The van der Waals surface area contributed by atoms with Crippen LogP contribution in [-0.4, -0.2) is 35.6 Å². The summed E-state index contributed by atoms with van der Waals surface area (Å²) in [6, 6.07) is 7.43. The number of aliphatic hydroxyl groups is 1.